The van der Waals surface area contributed by atoms with E-state index in [-0.39, 0.29) is 36.4 Å². The summed E-state index contributed by atoms with van der Waals surface area (Å²) in [5.74, 6) is -0.798. The Hall–Kier alpha value is -3.98. The van der Waals surface area contributed by atoms with Gasteiger partial charge in [-0.25, -0.2) is 4.39 Å². The van der Waals surface area contributed by atoms with Crippen molar-refractivity contribution in [3.8, 4) is 0 Å². The van der Waals surface area contributed by atoms with E-state index in [1.807, 2.05) is 13.0 Å². The maximum Gasteiger partial charge on any atom is 0.256 e. The van der Waals surface area contributed by atoms with Crippen LogP contribution in [-0.2, 0) is 16.1 Å². The van der Waals surface area contributed by atoms with E-state index in [2.05, 4.69) is 5.32 Å². The molecule has 2 aromatic carbocycles. The predicted molar refractivity (Wildman–Crippen MR) is 132 cm³/mol. The zero-order valence-corrected chi connectivity index (χ0v) is 20.5. The number of nitrogens with one attached hydrogen (secondary N) is 1. The van der Waals surface area contributed by atoms with Crippen molar-refractivity contribution in [2.45, 2.75) is 38.1 Å². The Kier molecular flexibility index (Phi) is 6.80. The molecule has 8 nitrogen and oxygen atoms in total. The van der Waals surface area contributed by atoms with Crippen LogP contribution in [0.3, 0.4) is 0 Å². The van der Waals surface area contributed by atoms with Crippen LogP contribution in [0.2, 0.25) is 0 Å². The number of rotatable bonds is 5. The van der Waals surface area contributed by atoms with Crippen molar-refractivity contribution in [2.24, 2.45) is 0 Å². The minimum Gasteiger partial charge on any atom is -0.467 e. The fourth-order valence-corrected chi connectivity index (χ4v) is 5.05. The van der Waals surface area contributed by atoms with Crippen LogP contribution in [0, 0.1) is 12.7 Å². The standard InChI is InChI=1S/C28H28FN3O5/c1-19-5-2-6-20(15-19)27(35)32-24(25(33)30-17-23-9-4-14-36-23)18-37-28(32)10-12-31(13-11-28)26(34)21-7-3-8-22(29)16-21/h2-9,14-16,24H,10-13,17-18H2,1H3,(H,30,33). The minimum atomic E-state index is -1.04. The van der Waals surface area contributed by atoms with Gasteiger partial charge in [-0.15, -0.1) is 0 Å². The first-order valence-corrected chi connectivity index (χ1v) is 12.3. The highest BCUT2D eigenvalue weighted by molar-refractivity contribution is 5.99. The van der Waals surface area contributed by atoms with Crippen molar-refractivity contribution in [3.63, 3.8) is 0 Å². The van der Waals surface area contributed by atoms with Crippen LogP contribution in [0.1, 0.15) is 44.9 Å². The molecular formula is C28H28FN3O5. The van der Waals surface area contributed by atoms with Crippen LogP contribution in [0.15, 0.2) is 71.3 Å². The first-order chi connectivity index (χ1) is 17.9. The fraction of sp³-hybridized carbons (Fsp3) is 0.321. The first-order valence-electron chi connectivity index (χ1n) is 12.3. The molecule has 192 valence electrons. The van der Waals surface area contributed by atoms with Gasteiger partial charge in [0.25, 0.3) is 11.8 Å². The van der Waals surface area contributed by atoms with E-state index in [0.717, 1.165) is 5.56 Å². The molecule has 2 saturated heterocycles. The van der Waals surface area contributed by atoms with Crippen LogP contribution < -0.4 is 5.32 Å². The van der Waals surface area contributed by atoms with Crippen LogP contribution in [0.4, 0.5) is 4.39 Å². The lowest BCUT2D eigenvalue weighted by Crippen LogP contribution is -2.59. The molecule has 9 heteroatoms. The Balaban J connectivity index is 1.37. The van der Waals surface area contributed by atoms with E-state index < -0.39 is 17.6 Å². The molecule has 2 aliphatic heterocycles. The molecule has 0 saturated carbocycles. The summed E-state index contributed by atoms with van der Waals surface area (Å²) < 4.78 is 25.2. The Morgan fingerprint density at radius 3 is 2.41 bits per heavy atom. The Morgan fingerprint density at radius 2 is 1.73 bits per heavy atom. The molecule has 2 aliphatic rings. The molecule has 0 bridgehead atoms. The van der Waals surface area contributed by atoms with Gasteiger partial charge < -0.3 is 19.4 Å². The second-order valence-corrected chi connectivity index (χ2v) is 9.42. The van der Waals surface area contributed by atoms with Crippen molar-refractivity contribution in [2.75, 3.05) is 19.7 Å². The number of carbonyl (C=O) groups is 3. The van der Waals surface area contributed by atoms with Crippen LogP contribution in [-0.4, -0.2) is 59.0 Å². The van der Waals surface area contributed by atoms with Gasteiger partial charge in [0.05, 0.1) is 19.4 Å². The lowest BCUT2D eigenvalue weighted by atomic mass is 9.95. The highest BCUT2D eigenvalue weighted by Gasteiger charge is 2.54. The molecule has 1 unspecified atom stereocenters. The van der Waals surface area contributed by atoms with Crippen LogP contribution in [0.5, 0.6) is 0 Å². The van der Waals surface area contributed by atoms with Crippen molar-refractivity contribution >= 4 is 17.7 Å². The molecule has 1 aromatic heterocycles. The van der Waals surface area contributed by atoms with Crippen LogP contribution >= 0.6 is 0 Å². The third kappa shape index (κ3) is 4.99. The van der Waals surface area contributed by atoms with Crippen molar-refractivity contribution in [1.29, 1.82) is 0 Å². The zero-order chi connectivity index (χ0) is 26.0. The number of hydrogen-bond donors (Lipinski definition) is 1. The molecule has 3 amide bonds. The number of halogens is 1. The van der Waals surface area contributed by atoms with E-state index in [9.17, 15) is 18.8 Å². The normalized spacial score (nSPS) is 18.7. The average molecular weight is 506 g/mol. The van der Waals surface area contributed by atoms with Gasteiger partial charge in [-0.2, -0.15) is 0 Å². The number of piperidine rings is 1. The molecule has 0 aliphatic carbocycles. The topological polar surface area (TPSA) is 92.1 Å². The van der Waals surface area contributed by atoms with Gasteiger partial charge >= 0.3 is 0 Å². The van der Waals surface area contributed by atoms with Gasteiger partial charge in [0, 0.05) is 37.1 Å². The second kappa shape index (κ2) is 10.2. The van der Waals surface area contributed by atoms with E-state index in [1.54, 1.807) is 46.2 Å². The number of ether oxygens (including phenoxy) is 1. The van der Waals surface area contributed by atoms with E-state index in [4.69, 9.17) is 9.15 Å². The molecular weight excluding hydrogens is 477 g/mol. The lowest BCUT2D eigenvalue weighted by molar-refractivity contribution is -0.128. The third-order valence-electron chi connectivity index (χ3n) is 6.97. The Labute approximate surface area is 214 Å². The van der Waals surface area contributed by atoms with Crippen LogP contribution in [0.25, 0.3) is 0 Å². The number of carbonyl (C=O) groups excluding carboxylic acids is 3. The van der Waals surface area contributed by atoms with Gasteiger partial charge in [-0.05, 0) is 49.4 Å². The highest BCUT2D eigenvalue weighted by Crippen LogP contribution is 2.39. The number of hydrogen-bond acceptors (Lipinski definition) is 5. The summed E-state index contributed by atoms with van der Waals surface area (Å²) in [6, 6.07) is 15.5. The van der Waals surface area contributed by atoms with Crippen molar-refractivity contribution in [3.05, 3.63) is 95.2 Å². The summed E-state index contributed by atoms with van der Waals surface area (Å²) in [4.78, 5) is 43.2. The van der Waals surface area contributed by atoms with Gasteiger partial charge in [0.15, 0.2) is 0 Å². The third-order valence-corrected chi connectivity index (χ3v) is 6.97. The summed E-state index contributed by atoms with van der Waals surface area (Å²) in [5.41, 5.74) is 0.624. The maximum absolute atomic E-state index is 13.8. The summed E-state index contributed by atoms with van der Waals surface area (Å²) in [6.07, 6.45) is 2.18. The molecule has 3 heterocycles. The van der Waals surface area contributed by atoms with Crippen molar-refractivity contribution in [1.82, 2.24) is 15.1 Å². The second-order valence-electron chi connectivity index (χ2n) is 9.42. The van der Waals surface area contributed by atoms with Gasteiger partial charge in [-0.1, -0.05) is 23.8 Å². The quantitative estimate of drug-likeness (QED) is 0.573. The SMILES string of the molecule is Cc1cccc(C(=O)N2C(C(=O)NCc3ccco3)COC23CCN(C(=O)c2cccc(F)c2)CC3)c1. The molecule has 37 heavy (non-hydrogen) atoms. The summed E-state index contributed by atoms with van der Waals surface area (Å²) in [5, 5.41) is 2.84. The van der Waals surface area contributed by atoms with Gasteiger partial charge in [0.1, 0.15) is 23.3 Å². The number of aryl methyl sites for hydroxylation is 1. The summed E-state index contributed by atoms with van der Waals surface area (Å²) in [7, 11) is 0. The summed E-state index contributed by atoms with van der Waals surface area (Å²) in [6.45, 7) is 2.73. The largest absolute Gasteiger partial charge is 0.467 e. The van der Waals surface area contributed by atoms with Gasteiger partial charge in [-0.3, -0.25) is 19.3 Å². The monoisotopic (exact) mass is 505 g/mol. The maximum atomic E-state index is 13.8. The van der Waals surface area contributed by atoms with E-state index in [1.165, 1.54) is 24.5 Å². The number of amides is 3. The molecule has 0 radical (unpaired) electrons. The number of likely N-dealkylation sites (tertiary alicyclic amines) is 1. The molecule has 1 N–H and O–H groups in total. The Bertz CT molecular complexity index is 1300. The number of benzene rings is 2. The predicted octanol–water partition coefficient (Wildman–Crippen LogP) is 3.52. The zero-order valence-electron chi connectivity index (χ0n) is 20.5. The van der Waals surface area contributed by atoms with Crippen molar-refractivity contribution < 1.29 is 27.9 Å². The van der Waals surface area contributed by atoms with E-state index >= 15 is 0 Å². The average Bonchev–Trinajstić information content (AvgIpc) is 3.55. The molecule has 1 spiro atoms. The number of nitrogens with zero attached hydrogens (tertiary/aromatic N) is 2. The fourth-order valence-electron chi connectivity index (χ4n) is 5.05. The molecule has 2 fully saturated rings. The van der Waals surface area contributed by atoms with Gasteiger partial charge in [0.2, 0.25) is 5.91 Å². The molecule has 5 rings (SSSR count). The van der Waals surface area contributed by atoms with E-state index in [0.29, 0.717) is 37.3 Å². The smallest absolute Gasteiger partial charge is 0.256 e. The highest BCUT2D eigenvalue weighted by atomic mass is 19.1. The minimum absolute atomic E-state index is 0.0411. The lowest BCUT2D eigenvalue weighted by Gasteiger charge is -2.44. The Morgan fingerprint density at radius 1 is 1.00 bits per heavy atom. The summed E-state index contributed by atoms with van der Waals surface area (Å²) >= 11 is 0. The first kappa shape index (κ1) is 24.7. The number of furan rings is 1. The molecule has 3 aromatic rings. The molecule has 1 atom stereocenters.